The molecule has 2 saturated heterocycles. The average Bonchev–Trinajstić information content (AvgIpc) is 4.23. The Balaban J connectivity index is 0.948. The molecule has 432 valence electrons. The molecule has 3 fully saturated rings. The quantitative estimate of drug-likeness (QED) is 0.0230. The molecule has 6 heterocycles. The van der Waals surface area contributed by atoms with Crippen molar-refractivity contribution in [1.29, 1.82) is 0 Å². The van der Waals surface area contributed by atoms with Crippen LogP contribution in [0.15, 0.2) is 48.6 Å². The van der Waals surface area contributed by atoms with E-state index in [0.717, 1.165) is 22.0 Å². The molecule has 2 bridgehead atoms. The first kappa shape index (κ1) is 58.0. The Labute approximate surface area is 460 Å². The second-order valence-corrected chi connectivity index (χ2v) is 22.6. The third-order valence-corrected chi connectivity index (χ3v) is 18.4. The Morgan fingerprint density at radius 2 is 1.75 bits per heavy atom. The standard InChI is InChI=1S/C58H80N6O15/c1-7-36(32-65)79-46(68)33-78-45(67)18-12-17-44(66)60-34(4)48(69)77-26-14-22-59-52(71)58(74)49-56(21-25-63-23-13-20-54(8-2,50(56)63)51(58)70)39-27-40(43(75-5)28-42(39)62-49)57(53(72)76-6)30-35-29-55(73,9-3)64(31-35)24-19-38-37-15-10-11-16-41(37)61-47(38)57/h10-11,13,15-16,20,27-28,34-36,46,49-51,61-62,65,68,70,73-74H,7-9,12,14,17-19,21-26,29-33H2,1-6H3,(H,59,71)(H,60,66)/t34?,35-,36?,46?,49?,50?,51-,54-,55?,56+,57+,58+/m1/s1. The maximum absolute atomic E-state index is 15.4. The first-order chi connectivity index (χ1) is 37.8. The topological polar surface area (TPSA) is 291 Å². The molecule has 6 aliphatic rings. The van der Waals surface area contributed by atoms with E-state index in [1.165, 1.54) is 14.0 Å². The molecule has 1 aromatic heterocycles. The Hall–Kier alpha value is -5.65. The highest BCUT2D eigenvalue weighted by molar-refractivity contribution is 5.95. The lowest BCUT2D eigenvalue weighted by Crippen LogP contribution is -2.80. The molecule has 21 nitrogen and oxygen atoms in total. The number of hydrogen-bond acceptors (Lipinski definition) is 18. The molecular formula is C58H80N6O15. The monoisotopic (exact) mass is 1100 g/mol. The van der Waals surface area contributed by atoms with Gasteiger partial charge in [-0.05, 0) is 100 Å². The van der Waals surface area contributed by atoms with E-state index in [1.807, 2.05) is 62.4 Å². The van der Waals surface area contributed by atoms with E-state index in [2.05, 4.69) is 30.7 Å². The van der Waals surface area contributed by atoms with Crippen molar-refractivity contribution in [2.24, 2.45) is 11.3 Å². The van der Waals surface area contributed by atoms with Crippen molar-refractivity contribution in [3.8, 4) is 5.75 Å². The number of aliphatic hydroxyl groups is 5. The number of para-hydroxylation sites is 1. The van der Waals surface area contributed by atoms with Gasteiger partial charge >= 0.3 is 17.9 Å². The van der Waals surface area contributed by atoms with Crippen LogP contribution in [0.2, 0.25) is 0 Å². The molecule has 9 rings (SSSR count). The Morgan fingerprint density at radius 3 is 2.47 bits per heavy atom. The molecule has 1 aliphatic carbocycles. The molecule has 1 saturated carbocycles. The summed E-state index contributed by atoms with van der Waals surface area (Å²) in [5.41, 5.74) is -2.67. The van der Waals surface area contributed by atoms with Gasteiger partial charge < -0.3 is 70.2 Å². The van der Waals surface area contributed by atoms with Crippen molar-refractivity contribution >= 4 is 46.3 Å². The minimum atomic E-state index is -2.43. The van der Waals surface area contributed by atoms with Crippen LogP contribution in [0.3, 0.4) is 0 Å². The summed E-state index contributed by atoms with van der Waals surface area (Å²) in [4.78, 5) is 76.2. The summed E-state index contributed by atoms with van der Waals surface area (Å²) in [6, 6.07) is 9.36. The van der Waals surface area contributed by atoms with Gasteiger partial charge in [0.05, 0.1) is 39.6 Å². The highest BCUT2D eigenvalue weighted by Crippen LogP contribution is 2.66. The summed E-state index contributed by atoms with van der Waals surface area (Å²) in [5, 5.41) is 67.4. The second-order valence-electron chi connectivity index (χ2n) is 22.6. The number of nitrogens with one attached hydrogen (secondary N) is 4. The number of esters is 3. The number of benzene rings is 2. The Kier molecular flexibility index (Phi) is 16.9. The fourth-order valence-corrected chi connectivity index (χ4v) is 14.6. The lowest BCUT2D eigenvalue weighted by molar-refractivity contribution is -0.200. The predicted molar refractivity (Wildman–Crippen MR) is 288 cm³/mol. The summed E-state index contributed by atoms with van der Waals surface area (Å²) in [5.74, 6) is -2.95. The van der Waals surface area contributed by atoms with Crippen molar-refractivity contribution in [2.75, 3.05) is 72.1 Å². The normalized spacial score (nSPS) is 31.4. The third kappa shape index (κ3) is 9.88. The summed E-state index contributed by atoms with van der Waals surface area (Å²) in [7, 11) is 2.95. The van der Waals surface area contributed by atoms with Gasteiger partial charge in [0.2, 0.25) is 5.91 Å². The second kappa shape index (κ2) is 23.1. The zero-order valence-electron chi connectivity index (χ0n) is 46.3. The van der Waals surface area contributed by atoms with Gasteiger partial charge in [0, 0.05) is 89.8 Å². The van der Waals surface area contributed by atoms with Crippen molar-refractivity contribution in [2.45, 2.75) is 157 Å². The summed E-state index contributed by atoms with van der Waals surface area (Å²) < 4.78 is 27.9. The highest BCUT2D eigenvalue weighted by Gasteiger charge is 2.77. The van der Waals surface area contributed by atoms with Crippen LogP contribution in [0.25, 0.3) is 10.9 Å². The van der Waals surface area contributed by atoms with Gasteiger partial charge in [0.25, 0.3) is 5.91 Å². The zero-order valence-corrected chi connectivity index (χ0v) is 46.3. The molecule has 2 aromatic carbocycles. The lowest BCUT2D eigenvalue weighted by Gasteiger charge is -2.62. The van der Waals surface area contributed by atoms with Crippen LogP contribution in [-0.4, -0.2) is 185 Å². The van der Waals surface area contributed by atoms with Gasteiger partial charge in [-0.15, -0.1) is 0 Å². The number of rotatable bonds is 22. The number of carbonyl (C=O) groups excluding carboxylic acids is 5. The number of carbonyl (C=O) groups is 5. The van der Waals surface area contributed by atoms with E-state index in [0.29, 0.717) is 87.4 Å². The van der Waals surface area contributed by atoms with Gasteiger partial charge in [0.15, 0.2) is 11.9 Å². The minimum Gasteiger partial charge on any atom is -0.496 e. The maximum Gasteiger partial charge on any atom is 0.328 e. The molecular weight excluding hydrogens is 1020 g/mol. The predicted octanol–water partition coefficient (Wildman–Crippen LogP) is 2.55. The smallest absolute Gasteiger partial charge is 0.328 e. The number of fused-ring (bicyclic) bond motifs is 6. The number of methoxy groups -OCH3 is 2. The van der Waals surface area contributed by atoms with Gasteiger partial charge in [-0.1, -0.05) is 51.1 Å². The number of H-pyrrole nitrogens is 1. The van der Waals surface area contributed by atoms with Crippen LogP contribution < -0.4 is 20.7 Å². The molecule has 9 N–H and O–H groups in total. The first-order valence-electron chi connectivity index (χ1n) is 28.2. The van der Waals surface area contributed by atoms with Crippen LogP contribution in [0, 0.1) is 11.3 Å². The molecule has 7 unspecified atom stereocenters. The van der Waals surface area contributed by atoms with Crippen LogP contribution in [-0.2, 0) is 60.2 Å². The number of amides is 2. The zero-order chi connectivity index (χ0) is 56.7. The molecule has 21 heteroatoms. The molecule has 3 aromatic rings. The SMILES string of the molecule is CCC(CO)OC(O)COC(=O)CCCC(=O)NC(C)C(=O)OCCCNC(=O)[C@]1(O)C2Nc3cc(OC)c([C@@]4(C(=O)OC)C[C@@H]5CN(CCc6c4[nH]c4ccccc64)C(O)(CC)C5)cc3[C@@]23CCN2CC=C[C@](CC)(C23)[C@H]1O. The van der Waals surface area contributed by atoms with Crippen LogP contribution in [0.5, 0.6) is 5.75 Å². The Morgan fingerprint density at radius 1 is 0.962 bits per heavy atom. The number of aromatic nitrogens is 1. The average molecular weight is 1100 g/mol. The van der Waals surface area contributed by atoms with E-state index < -0.39 is 101 Å². The van der Waals surface area contributed by atoms with Crippen LogP contribution >= 0.6 is 0 Å². The van der Waals surface area contributed by atoms with Gasteiger partial charge in [-0.25, -0.2) is 4.79 Å². The summed E-state index contributed by atoms with van der Waals surface area (Å²) in [6.07, 6.45) is 3.51. The first-order valence-corrected chi connectivity index (χ1v) is 28.2. The third-order valence-electron chi connectivity index (χ3n) is 18.4. The highest BCUT2D eigenvalue weighted by atomic mass is 16.6. The molecule has 2 amide bonds. The van der Waals surface area contributed by atoms with Crippen molar-refractivity contribution in [3.63, 3.8) is 0 Å². The van der Waals surface area contributed by atoms with E-state index >= 15 is 4.79 Å². The van der Waals surface area contributed by atoms with E-state index in [4.69, 9.17) is 23.7 Å². The van der Waals surface area contributed by atoms with Crippen molar-refractivity contribution < 1.29 is 73.2 Å². The van der Waals surface area contributed by atoms with Gasteiger partial charge in [-0.2, -0.15) is 0 Å². The minimum absolute atomic E-state index is 0.0445. The van der Waals surface area contributed by atoms with Crippen molar-refractivity contribution in [1.82, 2.24) is 25.4 Å². The van der Waals surface area contributed by atoms with Crippen LogP contribution in [0.1, 0.15) is 114 Å². The molecule has 13 atom stereocenters. The number of nitrogens with zero attached hydrogens (tertiary/aromatic N) is 2. The number of anilines is 1. The molecule has 5 aliphatic heterocycles. The van der Waals surface area contributed by atoms with Gasteiger partial charge in [0.1, 0.15) is 35.6 Å². The molecule has 79 heavy (non-hydrogen) atoms. The largest absolute Gasteiger partial charge is 0.496 e. The van der Waals surface area contributed by atoms with Crippen LogP contribution in [0.4, 0.5) is 5.69 Å². The van der Waals surface area contributed by atoms with Crippen molar-refractivity contribution in [3.05, 3.63) is 70.9 Å². The number of hydrogen-bond donors (Lipinski definition) is 9. The number of ether oxygens (including phenoxy) is 5. The Bertz CT molecular complexity index is 2800. The van der Waals surface area contributed by atoms with Gasteiger partial charge in [-0.3, -0.25) is 29.0 Å². The number of aliphatic hydroxyl groups excluding tert-OH is 3. The summed E-state index contributed by atoms with van der Waals surface area (Å²) >= 11 is 0. The molecule has 1 spiro atoms. The number of aromatic amines is 1. The lowest BCUT2D eigenvalue weighted by atomic mass is 9.47. The molecule has 0 radical (unpaired) electrons. The maximum atomic E-state index is 15.4. The van der Waals surface area contributed by atoms with E-state index in [9.17, 15) is 44.7 Å². The fraction of sp³-hybridized carbons (Fsp3) is 0.638. The van der Waals surface area contributed by atoms with E-state index in [1.54, 1.807) is 14.0 Å². The summed E-state index contributed by atoms with van der Waals surface area (Å²) in [6.45, 7) is 8.58. The fourth-order valence-electron chi connectivity index (χ4n) is 14.6. The van der Waals surface area contributed by atoms with E-state index in [-0.39, 0.29) is 57.8 Å².